The third kappa shape index (κ3) is 5.68. The molecule has 0 spiro atoms. The molecule has 0 bridgehead atoms. The van der Waals surface area contributed by atoms with Gasteiger partial charge in [-0.25, -0.2) is 0 Å². The number of nitrogens with zero attached hydrogens (tertiary/aromatic N) is 1. The maximum Gasteiger partial charge on any atom is 0.238 e. The number of hydrogen-bond donors (Lipinski definition) is 2. The van der Waals surface area contributed by atoms with E-state index in [1.54, 1.807) is 0 Å². The average molecular weight is 408 g/mol. The van der Waals surface area contributed by atoms with E-state index in [4.69, 9.17) is 4.74 Å². The lowest BCUT2D eigenvalue weighted by molar-refractivity contribution is -0.118. The molecule has 0 atom stereocenters. The second kappa shape index (κ2) is 9.87. The van der Waals surface area contributed by atoms with E-state index in [-0.39, 0.29) is 11.8 Å². The number of ether oxygens (including phenoxy) is 1. The summed E-state index contributed by atoms with van der Waals surface area (Å²) in [7, 11) is 0. The normalized spacial score (nSPS) is 16.5. The Balaban J connectivity index is 1.26. The van der Waals surface area contributed by atoms with Gasteiger partial charge < -0.3 is 15.4 Å². The Labute approximate surface area is 177 Å². The number of amides is 2. The lowest BCUT2D eigenvalue weighted by Crippen LogP contribution is -2.41. The maximum atomic E-state index is 12.4. The number of benzene rings is 2. The molecule has 4 rings (SSSR count). The molecule has 2 aliphatic rings. The number of fused-ring (bicyclic) bond motifs is 1. The zero-order chi connectivity index (χ0) is 20.8. The summed E-state index contributed by atoms with van der Waals surface area (Å²) in [5, 5.41) is 5.85. The van der Waals surface area contributed by atoms with Crippen molar-refractivity contribution in [2.45, 2.75) is 32.1 Å². The van der Waals surface area contributed by atoms with Gasteiger partial charge in [-0.15, -0.1) is 0 Å². The Hall–Kier alpha value is -2.70. The first kappa shape index (κ1) is 20.6. The van der Waals surface area contributed by atoms with Crippen LogP contribution in [0.1, 0.15) is 29.5 Å². The SMILES string of the molecule is O=C(Cc1ccc2c(c1)CCCC2)Nc1ccc(NC(=O)CN2CCOCC2)cc1. The van der Waals surface area contributed by atoms with Crippen molar-refractivity contribution in [3.63, 3.8) is 0 Å². The van der Waals surface area contributed by atoms with E-state index in [9.17, 15) is 9.59 Å². The zero-order valence-corrected chi connectivity index (χ0v) is 17.3. The number of anilines is 2. The van der Waals surface area contributed by atoms with Crippen LogP contribution in [0, 0.1) is 0 Å². The van der Waals surface area contributed by atoms with Gasteiger partial charge in [0.25, 0.3) is 0 Å². The van der Waals surface area contributed by atoms with Gasteiger partial charge in [0.2, 0.25) is 11.8 Å². The number of hydrogen-bond acceptors (Lipinski definition) is 4. The molecule has 1 aliphatic carbocycles. The van der Waals surface area contributed by atoms with Crippen LogP contribution >= 0.6 is 0 Å². The van der Waals surface area contributed by atoms with Crippen molar-refractivity contribution in [2.24, 2.45) is 0 Å². The quantitative estimate of drug-likeness (QED) is 0.772. The minimum absolute atomic E-state index is 0.0325. The molecule has 1 aliphatic heterocycles. The molecule has 2 amide bonds. The van der Waals surface area contributed by atoms with E-state index in [0.717, 1.165) is 42.9 Å². The predicted molar refractivity (Wildman–Crippen MR) is 118 cm³/mol. The average Bonchev–Trinajstić information content (AvgIpc) is 2.75. The molecule has 1 heterocycles. The van der Waals surface area contributed by atoms with Crippen LogP contribution in [0.5, 0.6) is 0 Å². The topological polar surface area (TPSA) is 70.7 Å². The van der Waals surface area contributed by atoms with Crippen LogP contribution in [-0.2, 0) is 33.6 Å². The molecule has 0 radical (unpaired) electrons. The first-order valence-electron chi connectivity index (χ1n) is 10.8. The molecule has 2 aromatic carbocycles. The summed E-state index contributed by atoms with van der Waals surface area (Å²) in [6, 6.07) is 13.7. The van der Waals surface area contributed by atoms with Gasteiger partial charge in [-0.2, -0.15) is 0 Å². The summed E-state index contributed by atoms with van der Waals surface area (Å²) in [6.45, 7) is 3.27. The minimum Gasteiger partial charge on any atom is -0.379 e. The number of morpholine rings is 1. The number of nitrogens with one attached hydrogen (secondary N) is 2. The van der Waals surface area contributed by atoms with Crippen LogP contribution in [0.2, 0.25) is 0 Å². The molecule has 30 heavy (non-hydrogen) atoms. The fraction of sp³-hybridized carbons (Fsp3) is 0.417. The number of aryl methyl sites for hydroxylation is 2. The van der Waals surface area contributed by atoms with Crippen molar-refractivity contribution in [2.75, 3.05) is 43.5 Å². The first-order chi connectivity index (χ1) is 14.7. The van der Waals surface area contributed by atoms with E-state index >= 15 is 0 Å². The molecule has 0 aromatic heterocycles. The van der Waals surface area contributed by atoms with Gasteiger partial charge in [0.15, 0.2) is 0 Å². The summed E-state index contributed by atoms with van der Waals surface area (Å²) >= 11 is 0. The largest absolute Gasteiger partial charge is 0.379 e. The Morgan fingerprint density at radius 2 is 1.47 bits per heavy atom. The van der Waals surface area contributed by atoms with Crippen LogP contribution < -0.4 is 10.6 Å². The molecule has 1 fully saturated rings. The zero-order valence-electron chi connectivity index (χ0n) is 17.3. The second-order valence-electron chi connectivity index (χ2n) is 8.05. The molecule has 0 unspecified atom stereocenters. The molecule has 2 aromatic rings. The van der Waals surface area contributed by atoms with Crippen LogP contribution in [0.4, 0.5) is 11.4 Å². The Morgan fingerprint density at radius 1 is 0.833 bits per heavy atom. The molecule has 158 valence electrons. The van der Waals surface area contributed by atoms with Gasteiger partial charge >= 0.3 is 0 Å². The number of rotatable bonds is 6. The Bertz CT molecular complexity index is 889. The predicted octanol–water partition coefficient (Wildman–Crippen LogP) is 3.02. The van der Waals surface area contributed by atoms with Gasteiger partial charge in [0, 0.05) is 24.5 Å². The highest BCUT2D eigenvalue weighted by Gasteiger charge is 2.14. The van der Waals surface area contributed by atoms with Crippen LogP contribution in [-0.4, -0.2) is 49.6 Å². The molecule has 1 saturated heterocycles. The highest BCUT2D eigenvalue weighted by Crippen LogP contribution is 2.22. The fourth-order valence-electron chi connectivity index (χ4n) is 4.09. The highest BCUT2D eigenvalue weighted by atomic mass is 16.5. The monoisotopic (exact) mass is 407 g/mol. The second-order valence-corrected chi connectivity index (χ2v) is 8.05. The third-order valence-corrected chi connectivity index (χ3v) is 5.70. The summed E-state index contributed by atoms with van der Waals surface area (Å²) in [6.07, 6.45) is 5.13. The molecule has 0 saturated carbocycles. The van der Waals surface area contributed by atoms with E-state index in [0.29, 0.717) is 26.2 Å². The van der Waals surface area contributed by atoms with Crippen molar-refractivity contribution < 1.29 is 14.3 Å². The van der Waals surface area contributed by atoms with Gasteiger partial charge in [0.05, 0.1) is 26.2 Å². The van der Waals surface area contributed by atoms with Crippen molar-refractivity contribution in [3.8, 4) is 0 Å². The van der Waals surface area contributed by atoms with Crippen molar-refractivity contribution in [3.05, 3.63) is 59.2 Å². The van der Waals surface area contributed by atoms with Gasteiger partial charge in [-0.3, -0.25) is 14.5 Å². The Morgan fingerprint density at radius 3 is 2.17 bits per heavy atom. The molecular weight excluding hydrogens is 378 g/mol. The summed E-state index contributed by atoms with van der Waals surface area (Å²) in [5.41, 5.74) is 5.32. The minimum atomic E-state index is -0.0407. The number of carbonyl (C=O) groups is 2. The maximum absolute atomic E-state index is 12.4. The van der Waals surface area contributed by atoms with Gasteiger partial charge in [0.1, 0.15) is 0 Å². The third-order valence-electron chi connectivity index (χ3n) is 5.70. The van der Waals surface area contributed by atoms with Crippen molar-refractivity contribution >= 4 is 23.2 Å². The van der Waals surface area contributed by atoms with E-state index in [1.165, 1.54) is 24.0 Å². The van der Waals surface area contributed by atoms with Crippen LogP contribution in [0.3, 0.4) is 0 Å². The standard InChI is InChI=1S/C24H29N3O3/c28-23(16-18-5-6-19-3-1-2-4-20(19)15-18)25-21-7-9-22(10-8-21)26-24(29)17-27-11-13-30-14-12-27/h5-10,15H,1-4,11-14,16-17H2,(H,25,28)(H,26,29). The Kier molecular flexibility index (Phi) is 6.77. The van der Waals surface area contributed by atoms with E-state index in [2.05, 4.69) is 33.7 Å². The summed E-state index contributed by atoms with van der Waals surface area (Å²) in [5.74, 6) is -0.0732. The molecule has 6 nitrogen and oxygen atoms in total. The lowest BCUT2D eigenvalue weighted by atomic mass is 9.90. The van der Waals surface area contributed by atoms with Crippen molar-refractivity contribution in [1.82, 2.24) is 4.90 Å². The van der Waals surface area contributed by atoms with Crippen LogP contribution in [0.15, 0.2) is 42.5 Å². The summed E-state index contributed by atoms with van der Waals surface area (Å²) < 4.78 is 5.30. The fourth-order valence-corrected chi connectivity index (χ4v) is 4.09. The van der Waals surface area contributed by atoms with Crippen molar-refractivity contribution in [1.29, 1.82) is 0 Å². The molecule has 6 heteroatoms. The van der Waals surface area contributed by atoms with E-state index < -0.39 is 0 Å². The van der Waals surface area contributed by atoms with Gasteiger partial charge in [-0.05, 0) is 66.6 Å². The lowest BCUT2D eigenvalue weighted by Gasteiger charge is -2.25. The summed E-state index contributed by atoms with van der Waals surface area (Å²) in [4.78, 5) is 26.7. The molecular formula is C24H29N3O3. The number of carbonyl (C=O) groups excluding carboxylic acids is 2. The van der Waals surface area contributed by atoms with Crippen LogP contribution in [0.25, 0.3) is 0 Å². The molecule has 2 N–H and O–H groups in total. The van der Waals surface area contributed by atoms with E-state index in [1.807, 2.05) is 24.3 Å². The smallest absolute Gasteiger partial charge is 0.238 e. The highest BCUT2D eigenvalue weighted by molar-refractivity contribution is 5.94. The first-order valence-corrected chi connectivity index (χ1v) is 10.8. The van der Waals surface area contributed by atoms with Gasteiger partial charge in [-0.1, -0.05) is 18.2 Å².